The zero-order chi connectivity index (χ0) is 13.7. The second-order valence-electron chi connectivity index (χ2n) is 4.51. The standard InChI is InChI=1S/C11H19N5O3/c12-11(18)10(13-6-8-2-1-5-19-8)9-7-16(3-4-17)15-14-9/h7-8,10,13,17H,1-6H2,(H2,12,18). The van der Waals surface area contributed by atoms with Gasteiger partial charge in [0, 0.05) is 13.2 Å². The summed E-state index contributed by atoms with van der Waals surface area (Å²) in [5, 5.41) is 19.6. The van der Waals surface area contributed by atoms with E-state index in [0.717, 1.165) is 19.4 Å². The summed E-state index contributed by atoms with van der Waals surface area (Å²) in [5.74, 6) is -0.506. The molecule has 0 radical (unpaired) electrons. The molecule has 19 heavy (non-hydrogen) atoms. The fraction of sp³-hybridized carbons (Fsp3) is 0.727. The molecule has 1 amide bonds. The summed E-state index contributed by atoms with van der Waals surface area (Å²) < 4.78 is 6.95. The smallest absolute Gasteiger partial charge is 0.240 e. The average Bonchev–Trinajstić information content (AvgIpc) is 3.01. The lowest BCUT2D eigenvalue weighted by Crippen LogP contribution is -2.38. The summed E-state index contributed by atoms with van der Waals surface area (Å²) in [7, 11) is 0. The van der Waals surface area contributed by atoms with E-state index in [-0.39, 0.29) is 12.7 Å². The Morgan fingerprint density at radius 3 is 3.21 bits per heavy atom. The van der Waals surface area contributed by atoms with Gasteiger partial charge in [-0.1, -0.05) is 5.21 Å². The number of nitrogens with zero attached hydrogens (tertiary/aromatic N) is 3. The lowest BCUT2D eigenvalue weighted by atomic mass is 10.2. The third-order valence-electron chi connectivity index (χ3n) is 3.04. The van der Waals surface area contributed by atoms with Crippen LogP contribution < -0.4 is 11.1 Å². The Labute approximate surface area is 110 Å². The van der Waals surface area contributed by atoms with E-state index >= 15 is 0 Å². The topological polar surface area (TPSA) is 115 Å². The number of hydrogen-bond donors (Lipinski definition) is 3. The molecule has 0 spiro atoms. The summed E-state index contributed by atoms with van der Waals surface area (Å²) in [6.07, 6.45) is 3.75. The van der Waals surface area contributed by atoms with Crippen LogP contribution in [0.2, 0.25) is 0 Å². The Morgan fingerprint density at radius 2 is 2.58 bits per heavy atom. The van der Waals surface area contributed by atoms with Crippen LogP contribution in [0.4, 0.5) is 0 Å². The van der Waals surface area contributed by atoms with Gasteiger partial charge in [0.15, 0.2) is 0 Å². The van der Waals surface area contributed by atoms with Crippen LogP contribution in [0.1, 0.15) is 24.6 Å². The van der Waals surface area contributed by atoms with Gasteiger partial charge < -0.3 is 15.6 Å². The molecule has 0 aliphatic carbocycles. The lowest BCUT2D eigenvalue weighted by Gasteiger charge is -2.15. The fourth-order valence-electron chi connectivity index (χ4n) is 2.06. The first-order chi connectivity index (χ1) is 9.20. The molecule has 106 valence electrons. The van der Waals surface area contributed by atoms with Crippen LogP contribution in [0.5, 0.6) is 0 Å². The quantitative estimate of drug-likeness (QED) is 0.558. The zero-order valence-corrected chi connectivity index (χ0v) is 10.7. The number of ether oxygens (including phenoxy) is 1. The maximum absolute atomic E-state index is 11.5. The zero-order valence-electron chi connectivity index (χ0n) is 10.7. The highest BCUT2D eigenvalue weighted by atomic mass is 16.5. The molecule has 1 fully saturated rings. The van der Waals surface area contributed by atoms with E-state index in [9.17, 15) is 4.79 Å². The molecule has 0 bridgehead atoms. The van der Waals surface area contributed by atoms with Gasteiger partial charge in [-0.05, 0) is 12.8 Å². The maximum Gasteiger partial charge on any atom is 0.240 e. The third-order valence-corrected chi connectivity index (χ3v) is 3.04. The van der Waals surface area contributed by atoms with Crippen molar-refractivity contribution >= 4 is 5.91 Å². The minimum absolute atomic E-state index is 0.0343. The molecular weight excluding hydrogens is 250 g/mol. The highest BCUT2D eigenvalue weighted by Gasteiger charge is 2.23. The van der Waals surface area contributed by atoms with Crippen molar-refractivity contribution in [3.63, 3.8) is 0 Å². The molecule has 2 unspecified atom stereocenters. The van der Waals surface area contributed by atoms with Gasteiger partial charge in [0.1, 0.15) is 11.7 Å². The summed E-state index contributed by atoms with van der Waals surface area (Å²) >= 11 is 0. The van der Waals surface area contributed by atoms with Crippen LogP contribution in [0.3, 0.4) is 0 Å². The van der Waals surface area contributed by atoms with E-state index in [1.54, 1.807) is 6.20 Å². The predicted octanol–water partition coefficient (Wildman–Crippen LogP) is -1.43. The number of aliphatic hydroxyl groups excluding tert-OH is 1. The Balaban J connectivity index is 1.95. The number of primary amides is 1. The molecule has 2 rings (SSSR count). The molecule has 1 aliphatic rings. The minimum atomic E-state index is -0.684. The third kappa shape index (κ3) is 3.72. The van der Waals surface area contributed by atoms with Gasteiger partial charge in [-0.3, -0.25) is 10.1 Å². The second kappa shape index (κ2) is 6.60. The van der Waals surface area contributed by atoms with Crippen molar-refractivity contribution in [1.29, 1.82) is 0 Å². The van der Waals surface area contributed by atoms with E-state index in [4.69, 9.17) is 15.6 Å². The molecule has 2 heterocycles. The second-order valence-corrected chi connectivity index (χ2v) is 4.51. The van der Waals surface area contributed by atoms with Gasteiger partial charge in [0.05, 0.1) is 25.5 Å². The Kier molecular flexibility index (Phi) is 4.83. The first kappa shape index (κ1) is 13.9. The molecule has 8 heteroatoms. The Bertz CT molecular complexity index is 416. The van der Waals surface area contributed by atoms with Crippen molar-refractivity contribution in [2.24, 2.45) is 5.73 Å². The van der Waals surface area contributed by atoms with Crippen molar-refractivity contribution in [3.8, 4) is 0 Å². The number of nitrogens with one attached hydrogen (secondary N) is 1. The molecular formula is C11H19N5O3. The van der Waals surface area contributed by atoms with Crippen LogP contribution in [-0.2, 0) is 16.1 Å². The van der Waals surface area contributed by atoms with Crippen LogP contribution in [0, 0.1) is 0 Å². The number of rotatable bonds is 7. The molecule has 1 saturated heterocycles. The number of hydrogen-bond acceptors (Lipinski definition) is 6. The van der Waals surface area contributed by atoms with E-state index in [1.165, 1.54) is 4.68 Å². The maximum atomic E-state index is 11.5. The Hall–Kier alpha value is -1.51. The molecule has 1 aliphatic heterocycles. The van der Waals surface area contributed by atoms with Crippen LogP contribution in [-0.4, -0.2) is 51.9 Å². The number of nitrogens with two attached hydrogens (primary N) is 1. The van der Waals surface area contributed by atoms with Crippen LogP contribution in [0.15, 0.2) is 6.20 Å². The molecule has 8 nitrogen and oxygen atoms in total. The van der Waals surface area contributed by atoms with Gasteiger partial charge in [0.25, 0.3) is 0 Å². The number of amides is 1. The number of carbonyl (C=O) groups excluding carboxylic acids is 1. The number of aliphatic hydroxyl groups is 1. The Morgan fingerprint density at radius 1 is 1.74 bits per heavy atom. The van der Waals surface area contributed by atoms with Crippen molar-refractivity contribution in [1.82, 2.24) is 20.3 Å². The molecule has 4 N–H and O–H groups in total. The van der Waals surface area contributed by atoms with Crippen LogP contribution >= 0.6 is 0 Å². The SMILES string of the molecule is NC(=O)C(NCC1CCCO1)c1cn(CCO)nn1. The van der Waals surface area contributed by atoms with Gasteiger partial charge in [-0.25, -0.2) is 4.68 Å². The predicted molar refractivity (Wildman–Crippen MR) is 66.0 cm³/mol. The number of carbonyl (C=O) groups is 1. The van der Waals surface area contributed by atoms with Crippen molar-refractivity contribution in [3.05, 3.63) is 11.9 Å². The van der Waals surface area contributed by atoms with E-state index in [1.807, 2.05) is 0 Å². The fourth-order valence-corrected chi connectivity index (χ4v) is 2.06. The lowest BCUT2D eigenvalue weighted by molar-refractivity contribution is -0.120. The summed E-state index contributed by atoms with van der Waals surface area (Å²) in [4.78, 5) is 11.5. The van der Waals surface area contributed by atoms with Crippen LogP contribution in [0.25, 0.3) is 0 Å². The first-order valence-electron chi connectivity index (χ1n) is 6.36. The first-order valence-corrected chi connectivity index (χ1v) is 6.36. The number of aromatic nitrogens is 3. The van der Waals surface area contributed by atoms with Crippen molar-refractivity contribution in [2.45, 2.75) is 31.5 Å². The van der Waals surface area contributed by atoms with Crippen molar-refractivity contribution < 1.29 is 14.6 Å². The molecule has 0 saturated carbocycles. The molecule has 1 aromatic rings. The molecule has 1 aromatic heterocycles. The van der Waals surface area contributed by atoms with Gasteiger partial charge >= 0.3 is 0 Å². The summed E-state index contributed by atoms with van der Waals surface area (Å²) in [6.45, 7) is 1.62. The van der Waals surface area contributed by atoms with Gasteiger partial charge in [0.2, 0.25) is 5.91 Å². The molecule has 0 aromatic carbocycles. The highest BCUT2D eigenvalue weighted by molar-refractivity contribution is 5.80. The van der Waals surface area contributed by atoms with Gasteiger partial charge in [-0.15, -0.1) is 5.10 Å². The summed E-state index contributed by atoms with van der Waals surface area (Å²) in [5.41, 5.74) is 5.83. The van der Waals surface area contributed by atoms with Crippen molar-refractivity contribution in [2.75, 3.05) is 19.8 Å². The van der Waals surface area contributed by atoms with E-state index in [2.05, 4.69) is 15.6 Å². The van der Waals surface area contributed by atoms with E-state index in [0.29, 0.717) is 18.8 Å². The average molecular weight is 269 g/mol. The summed E-state index contributed by atoms with van der Waals surface area (Å²) in [6, 6.07) is -0.684. The largest absolute Gasteiger partial charge is 0.394 e. The van der Waals surface area contributed by atoms with Gasteiger partial charge in [-0.2, -0.15) is 0 Å². The van der Waals surface area contributed by atoms with E-state index < -0.39 is 11.9 Å². The normalized spacial score (nSPS) is 20.6. The monoisotopic (exact) mass is 269 g/mol. The minimum Gasteiger partial charge on any atom is -0.394 e. The molecule has 2 atom stereocenters. The highest BCUT2D eigenvalue weighted by Crippen LogP contribution is 2.13.